The molecule has 3 nitrogen and oxygen atoms in total. The van der Waals surface area contributed by atoms with Crippen molar-refractivity contribution >= 4 is 0 Å². The highest BCUT2D eigenvalue weighted by Gasteiger charge is 2.24. The van der Waals surface area contributed by atoms with Gasteiger partial charge in [-0.1, -0.05) is 6.92 Å². The molecule has 0 spiro atoms. The third kappa shape index (κ3) is 3.81. The van der Waals surface area contributed by atoms with Crippen LogP contribution in [0.1, 0.15) is 26.7 Å². The third-order valence-electron chi connectivity index (χ3n) is 3.23. The average Bonchev–Trinajstić information content (AvgIpc) is 2.64. The van der Waals surface area contributed by atoms with E-state index in [0.29, 0.717) is 6.04 Å². The average molecular weight is 209 g/mol. The number of rotatable bonds is 5. The SMILES string of the molecule is CCN1CCCC1CN(C)CC(C)C#N. The maximum Gasteiger partial charge on any atom is 0.0666 e. The zero-order valence-electron chi connectivity index (χ0n) is 10.2. The van der Waals surface area contributed by atoms with Gasteiger partial charge in [0.15, 0.2) is 0 Å². The van der Waals surface area contributed by atoms with Crippen molar-refractivity contribution in [3.63, 3.8) is 0 Å². The van der Waals surface area contributed by atoms with Crippen LogP contribution in [0.5, 0.6) is 0 Å². The standard InChI is InChI=1S/C12H23N3/c1-4-15-7-5-6-12(15)10-14(3)9-11(2)8-13/h11-12H,4-7,9-10H2,1-3H3. The predicted octanol–water partition coefficient (Wildman–Crippen LogP) is 1.56. The van der Waals surface area contributed by atoms with E-state index >= 15 is 0 Å². The maximum atomic E-state index is 8.76. The Bertz CT molecular complexity index is 221. The van der Waals surface area contributed by atoms with Crippen LogP contribution in [0.2, 0.25) is 0 Å². The van der Waals surface area contributed by atoms with E-state index in [9.17, 15) is 0 Å². The molecule has 1 aliphatic heterocycles. The van der Waals surface area contributed by atoms with Gasteiger partial charge in [0.1, 0.15) is 0 Å². The zero-order chi connectivity index (χ0) is 11.3. The summed E-state index contributed by atoms with van der Waals surface area (Å²) < 4.78 is 0. The number of nitriles is 1. The smallest absolute Gasteiger partial charge is 0.0666 e. The second kappa shape index (κ2) is 6.09. The molecule has 15 heavy (non-hydrogen) atoms. The second-order valence-corrected chi connectivity index (χ2v) is 4.68. The molecule has 0 saturated carbocycles. The van der Waals surface area contributed by atoms with E-state index in [-0.39, 0.29) is 5.92 Å². The molecule has 1 fully saturated rings. The van der Waals surface area contributed by atoms with Crippen LogP contribution < -0.4 is 0 Å². The van der Waals surface area contributed by atoms with Crippen molar-refractivity contribution in [2.45, 2.75) is 32.7 Å². The molecule has 0 aromatic heterocycles. The van der Waals surface area contributed by atoms with Gasteiger partial charge in [0.25, 0.3) is 0 Å². The van der Waals surface area contributed by atoms with Gasteiger partial charge in [0, 0.05) is 19.1 Å². The molecule has 2 unspecified atom stereocenters. The van der Waals surface area contributed by atoms with Crippen LogP contribution in [0.25, 0.3) is 0 Å². The van der Waals surface area contributed by atoms with Gasteiger partial charge in [-0.25, -0.2) is 0 Å². The van der Waals surface area contributed by atoms with Gasteiger partial charge >= 0.3 is 0 Å². The number of hydrogen-bond acceptors (Lipinski definition) is 3. The number of likely N-dealkylation sites (tertiary alicyclic amines) is 1. The summed E-state index contributed by atoms with van der Waals surface area (Å²) in [5.74, 6) is 0.145. The summed E-state index contributed by atoms with van der Waals surface area (Å²) in [6.45, 7) is 8.64. The number of likely N-dealkylation sites (N-methyl/N-ethyl adjacent to an activating group) is 2. The van der Waals surface area contributed by atoms with Gasteiger partial charge in [-0.15, -0.1) is 0 Å². The summed E-state index contributed by atoms with van der Waals surface area (Å²) in [7, 11) is 2.12. The van der Waals surface area contributed by atoms with Crippen LogP contribution in [0.3, 0.4) is 0 Å². The molecule has 1 heterocycles. The van der Waals surface area contributed by atoms with Crippen LogP contribution in [-0.4, -0.2) is 49.1 Å². The van der Waals surface area contributed by atoms with E-state index in [1.807, 2.05) is 6.92 Å². The van der Waals surface area contributed by atoms with Crippen molar-refractivity contribution < 1.29 is 0 Å². The summed E-state index contributed by atoms with van der Waals surface area (Å²) in [5.41, 5.74) is 0. The first kappa shape index (κ1) is 12.5. The molecule has 1 saturated heterocycles. The molecule has 0 bridgehead atoms. The molecule has 0 aromatic carbocycles. The van der Waals surface area contributed by atoms with Gasteiger partial charge in [-0.05, 0) is 39.9 Å². The first-order valence-electron chi connectivity index (χ1n) is 5.99. The zero-order valence-corrected chi connectivity index (χ0v) is 10.2. The van der Waals surface area contributed by atoms with E-state index in [0.717, 1.165) is 19.6 Å². The van der Waals surface area contributed by atoms with Gasteiger partial charge in [-0.3, -0.25) is 4.90 Å². The topological polar surface area (TPSA) is 30.3 Å². The summed E-state index contributed by atoms with van der Waals surface area (Å²) >= 11 is 0. The molecule has 1 aliphatic rings. The lowest BCUT2D eigenvalue weighted by atomic mass is 10.1. The summed E-state index contributed by atoms with van der Waals surface area (Å²) in [5, 5.41) is 8.76. The van der Waals surface area contributed by atoms with Crippen molar-refractivity contribution in [2.24, 2.45) is 5.92 Å². The lowest BCUT2D eigenvalue weighted by Crippen LogP contribution is -2.39. The predicted molar refractivity (Wildman–Crippen MR) is 62.5 cm³/mol. The van der Waals surface area contributed by atoms with Crippen LogP contribution >= 0.6 is 0 Å². The molecule has 0 N–H and O–H groups in total. The quantitative estimate of drug-likeness (QED) is 0.688. The van der Waals surface area contributed by atoms with Gasteiger partial charge in [-0.2, -0.15) is 5.26 Å². The highest BCUT2D eigenvalue weighted by molar-refractivity contribution is 4.84. The van der Waals surface area contributed by atoms with Crippen molar-refractivity contribution in [2.75, 3.05) is 33.2 Å². The Morgan fingerprint density at radius 2 is 2.33 bits per heavy atom. The first-order valence-corrected chi connectivity index (χ1v) is 5.99. The fraction of sp³-hybridized carbons (Fsp3) is 0.917. The van der Waals surface area contributed by atoms with E-state index < -0.39 is 0 Å². The number of hydrogen-bond donors (Lipinski definition) is 0. The van der Waals surface area contributed by atoms with Crippen molar-refractivity contribution in [1.82, 2.24) is 9.80 Å². The van der Waals surface area contributed by atoms with Crippen LogP contribution in [0.15, 0.2) is 0 Å². The minimum absolute atomic E-state index is 0.145. The highest BCUT2D eigenvalue weighted by atomic mass is 15.2. The second-order valence-electron chi connectivity index (χ2n) is 4.68. The van der Waals surface area contributed by atoms with E-state index in [2.05, 4.69) is 29.8 Å². The Labute approximate surface area is 93.7 Å². The lowest BCUT2D eigenvalue weighted by Gasteiger charge is -2.28. The van der Waals surface area contributed by atoms with Gasteiger partial charge in [0.05, 0.1) is 12.0 Å². The number of nitrogens with zero attached hydrogens (tertiary/aromatic N) is 3. The maximum absolute atomic E-state index is 8.76. The molecule has 1 rings (SSSR count). The normalized spacial score (nSPS) is 24.3. The summed E-state index contributed by atoms with van der Waals surface area (Å²) in [6, 6.07) is 3.00. The Hall–Kier alpha value is -0.590. The molecule has 0 amide bonds. The van der Waals surface area contributed by atoms with Crippen molar-refractivity contribution in [3.05, 3.63) is 0 Å². The van der Waals surface area contributed by atoms with E-state index in [1.165, 1.54) is 19.4 Å². The molecule has 0 aliphatic carbocycles. The van der Waals surface area contributed by atoms with Crippen LogP contribution in [-0.2, 0) is 0 Å². The summed E-state index contributed by atoms with van der Waals surface area (Å²) in [6.07, 6.45) is 2.65. The third-order valence-corrected chi connectivity index (χ3v) is 3.23. The highest BCUT2D eigenvalue weighted by Crippen LogP contribution is 2.17. The van der Waals surface area contributed by atoms with Crippen LogP contribution in [0, 0.1) is 17.2 Å². The largest absolute Gasteiger partial charge is 0.304 e. The Kier molecular flexibility index (Phi) is 5.07. The fourth-order valence-electron chi connectivity index (χ4n) is 2.46. The van der Waals surface area contributed by atoms with Gasteiger partial charge in [0.2, 0.25) is 0 Å². The Balaban J connectivity index is 2.31. The molecule has 0 aromatic rings. The minimum Gasteiger partial charge on any atom is -0.304 e. The Morgan fingerprint density at radius 1 is 1.60 bits per heavy atom. The molecule has 86 valence electrons. The minimum atomic E-state index is 0.145. The monoisotopic (exact) mass is 209 g/mol. The molecular formula is C12H23N3. The van der Waals surface area contributed by atoms with Crippen molar-refractivity contribution in [3.8, 4) is 6.07 Å². The Morgan fingerprint density at radius 3 is 2.93 bits per heavy atom. The molecule has 3 heteroatoms. The fourth-order valence-corrected chi connectivity index (χ4v) is 2.46. The lowest BCUT2D eigenvalue weighted by molar-refractivity contribution is 0.192. The van der Waals surface area contributed by atoms with Crippen molar-refractivity contribution in [1.29, 1.82) is 5.26 Å². The molecule has 2 atom stereocenters. The first-order chi connectivity index (χ1) is 7.17. The van der Waals surface area contributed by atoms with Crippen LogP contribution in [0.4, 0.5) is 0 Å². The van der Waals surface area contributed by atoms with E-state index in [4.69, 9.17) is 5.26 Å². The van der Waals surface area contributed by atoms with Gasteiger partial charge < -0.3 is 4.90 Å². The molecule has 0 radical (unpaired) electrons. The molecular weight excluding hydrogens is 186 g/mol. The van der Waals surface area contributed by atoms with E-state index in [1.54, 1.807) is 0 Å². The summed E-state index contributed by atoms with van der Waals surface area (Å²) in [4.78, 5) is 4.85.